The maximum absolute atomic E-state index is 13.7. The number of hydrogen-bond donors (Lipinski definition) is 3. The molecule has 1 aromatic rings. The highest BCUT2D eigenvalue weighted by atomic mass is 16.6. The normalized spacial score (nSPS) is 26.1. The first-order valence-corrected chi connectivity index (χ1v) is 16.9. The number of hydroxylamine groups is 6. The van der Waals surface area contributed by atoms with Crippen molar-refractivity contribution < 1.29 is 44.2 Å². The molecule has 4 rings (SSSR count). The summed E-state index contributed by atoms with van der Waals surface area (Å²) in [7, 11) is 0. The molecule has 3 saturated heterocycles. The van der Waals surface area contributed by atoms with Crippen molar-refractivity contribution in [2.75, 3.05) is 0 Å². The van der Waals surface area contributed by atoms with Crippen molar-refractivity contribution in [3.63, 3.8) is 0 Å². The van der Waals surface area contributed by atoms with Crippen LogP contribution in [0.5, 0.6) is 0 Å². The fourth-order valence-corrected chi connectivity index (χ4v) is 8.43. The van der Waals surface area contributed by atoms with Gasteiger partial charge in [-0.2, -0.15) is 15.2 Å². The van der Waals surface area contributed by atoms with Gasteiger partial charge in [0.05, 0.1) is 16.7 Å². The Morgan fingerprint density at radius 2 is 0.625 bits per heavy atom. The van der Waals surface area contributed by atoms with E-state index in [9.17, 15) is 30.0 Å². The second-order valence-electron chi connectivity index (χ2n) is 17.9. The van der Waals surface area contributed by atoms with Crippen LogP contribution in [-0.4, -0.2) is 100 Å². The zero-order valence-corrected chi connectivity index (χ0v) is 30.8. The first kappa shape index (κ1) is 38.2. The number of ether oxygens (including phenoxy) is 3. The highest BCUT2D eigenvalue weighted by Crippen LogP contribution is 2.41. The summed E-state index contributed by atoms with van der Waals surface area (Å²) in [5, 5.41) is 36.0. The SMILES string of the molecule is CC1(C)CC(OC(=O)c2cc(C(=O)OC3CC(C)(C)N(O)C(C)(C)C3)cc(C(=O)OC3CC(C)(C)N(O)C(C)(C)C3)c2)CC(C)(C)N1O. The molecule has 12 heteroatoms. The number of rotatable bonds is 6. The molecule has 3 fully saturated rings. The van der Waals surface area contributed by atoms with Crippen molar-refractivity contribution in [2.45, 2.75) is 173 Å². The summed E-state index contributed by atoms with van der Waals surface area (Å²) < 4.78 is 17.9. The highest BCUT2D eigenvalue weighted by molar-refractivity contribution is 6.00. The number of nitrogens with zero attached hydrogens (tertiary/aromatic N) is 3. The summed E-state index contributed by atoms with van der Waals surface area (Å²) in [6, 6.07) is 4.10. The average molecular weight is 676 g/mol. The van der Waals surface area contributed by atoms with E-state index in [-0.39, 0.29) is 16.7 Å². The van der Waals surface area contributed by atoms with Crippen LogP contribution in [0.3, 0.4) is 0 Å². The third kappa shape index (κ3) is 7.89. The summed E-state index contributed by atoms with van der Waals surface area (Å²) in [6.45, 7) is 22.4. The number of carbonyl (C=O) groups is 3. The van der Waals surface area contributed by atoms with Gasteiger partial charge in [-0.25, -0.2) is 14.4 Å². The Labute approximate surface area is 285 Å². The number of carbonyl (C=O) groups excluding carboxylic acids is 3. The van der Waals surface area contributed by atoms with Crippen LogP contribution >= 0.6 is 0 Å². The van der Waals surface area contributed by atoms with Crippen molar-refractivity contribution >= 4 is 17.9 Å². The summed E-state index contributed by atoms with van der Waals surface area (Å²) in [5.74, 6) is -2.14. The smallest absolute Gasteiger partial charge is 0.338 e. The molecule has 0 atom stereocenters. The minimum Gasteiger partial charge on any atom is -0.459 e. The molecule has 0 bridgehead atoms. The largest absolute Gasteiger partial charge is 0.459 e. The molecule has 270 valence electrons. The van der Waals surface area contributed by atoms with Crippen LogP contribution in [0.15, 0.2) is 18.2 Å². The maximum Gasteiger partial charge on any atom is 0.338 e. The van der Waals surface area contributed by atoms with Crippen molar-refractivity contribution in [1.82, 2.24) is 15.2 Å². The van der Waals surface area contributed by atoms with Gasteiger partial charge in [0.25, 0.3) is 0 Å². The van der Waals surface area contributed by atoms with E-state index >= 15 is 0 Å². The summed E-state index contributed by atoms with van der Waals surface area (Å²) >= 11 is 0. The molecule has 0 aliphatic carbocycles. The zero-order valence-electron chi connectivity index (χ0n) is 30.8. The lowest BCUT2D eigenvalue weighted by Gasteiger charge is -2.50. The molecule has 48 heavy (non-hydrogen) atoms. The molecule has 12 nitrogen and oxygen atoms in total. The Hall–Kier alpha value is -2.61. The molecule has 1 aromatic carbocycles. The molecule has 0 spiro atoms. The van der Waals surface area contributed by atoms with E-state index in [1.165, 1.54) is 33.4 Å². The molecule has 3 aliphatic heterocycles. The van der Waals surface area contributed by atoms with Gasteiger partial charge in [0.15, 0.2) is 0 Å². The first-order valence-electron chi connectivity index (χ1n) is 16.9. The number of esters is 3. The van der Waals surface area contributed by atoms with Crippen LogP contribution in [0.25, 0.3) is 0 Å². The Morgan fingerprint density at radius 1 is 0.458 bits per heavy atom. The molecule has 3 aliphatic rings. The van der Waals surface area contributed by atoms with Crippen molar-refractivity contribution in [2.24, 2.45) is 0 Å². The van der Waals surface area contributed by atoms with Crippen LogP contribution in [0.1, 0.15) is 153 Å². The number of hydrogen-bond acceptors (Lipinski definition) is 12. The zero-order chi connectivity index (χ0) is 36.4. The molecule has 0 aromatic heterocycles. The molecule has 3 heterocycles. The third-order valence-corrected chi connectivity index (χ3v) is 10.3. The van der Waals surface area contributed by atoms with Crippen molar-refractivity contribution in [1.29, 1.82) is 0 Å². The van der Waals surface area contributed by atoms with Gasteiger partial charge in [0.2, 0.25) is 0 Å². The van der Waals surface area contributed by atoms with Gasteiger partial charge in [-0.15, -0.1) is 0 Å². The summed E-state index contributed by atoms with van der Waals surface area (Å²) in [6.07, 6.45) is 0.659. The molecule has 0 amide bonds. The minimum absolute atomic E-state index is 0.00452. The molecule has 0 radical (unpaired) electrons. The first-order chi connectivity index (χ1) is 21.7. The molecule has 0 unspecified atom stereocenters. The Morgan fingerprint density at radius 3 is 0.792 bits per heavy atom. The third-order valence-electron chi connectivity index (χ3n) is 10.3. The quantitative estimate of drug-likeness (QED) is 0.227. The second kappa shape index (κ2) is 12.6. The Bertz CT molecular complexity index is 1180. The Balaban J connectivity index is 1.64. The van der Waals surface area contributed by atoms with Crippen LogP contribution in [0.4, 0.5) is 0 Å². The fraction of sp³-hybridized carbons (Fsp3) is 0.750. The van der Waals surface area contributed by atoms with Crippen LogP contribution in [0, 0.1) is 0 Å². The van der Waals surface area contributed by atoms with Gasteiger partial charge in [-0.1, -0.05) is 0 Å². The lowest BCUT2D eigenvalue weighted by molar-refractivity contribution is -0.256. The predicted octanol–water partition coefficient (Wildman–Crippen LogP) is 6.39. The lowest BCUT2D eigenvalue weighted by atomic mass is 9.80. The minimum atomic E-state index is -0.714. The van der Waals surface area contributed by atoms with Crippen LogP contribution in [0.2, 0.25) is 0 Å². The average Bonchev–Trinajstić information content (AvgIpc) is 2.92. The second-order valence-corrected chi connectivity index (χ2v) is 17.9. The van der Waals surface area contributed by atoms with E-state index in [0.717, 1.165) is 0 Å². The molecule has 3 N–H and O–H groups in total. The molecular formula is C36H57N3O9. The van der Waals surface area contributed by atoms with E-state index in [2.05, 4.69) is 0 Å². The summed E-state index contributed by atoms with van der Waals surface area (Å²) in [5.41, 5.74) is -3.99. The van der Waals surface area contributed by atoms with Crippen molar-refractivity contribution in [3.05, 3.63) is 34.9 Å². The lowest BCUT2D eigenvalue weighted by Crippen LogP contribution is -2.60. The topological polar surface area (TPSA) is 149 Å². The van der Waals surface area contributed by atoms with E-state index in [1.54, 1.807) is 0 Å². The van der Waals surface area contributed by atoms with E-state index < -0.39 is 69.5 Å². The van der Waals surface area contributed by atoms with Gasteiger partial charge in [-0.3, -0.25) is 0 Å². The highest BCUT2D eigenvalue weighted by Gasteiger charge is 2.49. The van der Waals surface area contributed by atoms with Crippen LogP contribution in [-0.2, 0) is 14.2 Å². The van der Waals surface area contributed by atoms with Gasteiger partial charge in [0.1, 0.15) is 18.3 Å². The van der Waals surface area contributed by atoms with E-state index in [4.69, 9.17) is 14.2 Å². The van der Waals surface area contributed by atoms with E-state index in [0.29, 0.717) is 38.5 Å². The van der Waals surface area contributed by atoms with Gasteiger partial charge < -0.3 is 29.8 Å². The maximum atomic E-state index is 13.7. The Kier molecular flexibility index (Phi) is 10.0. The fourth-order valence-electron chi connectivity index (χ4n) is 8.43. The standard InChI is InChI=1S/C36H57N3O9/c1-31(2)16-25(17-32(3,4)37(31)43)46-28(40)22-13-23(29(41)47-26-18-33(5,6)38(44)34(7,8)19-26)15-24(14-22)30(42)48-27-20-35(9,10)39(45)36(11,12)21-27/h13-15,25-27,43-45H,16-21H2,1-12H3. The van der Waals surface area contributed by atoms with Gasteiger partial charge >= 0.3 is 17.9 Å². The van der Waals surface area contributed by atoms with Crippen LogP contribution < -0.4 is 0 Å². The molecule has 0 saturated carbocycles. The van der Waals surface area contributed by atoms with Gasteiger partial charge in [-0.05, 0) is 101 Å². The number of benzene rings is 1. The number of piperidine rings is 3. The summed E-state index contributed by atoms with van der Waals surface area (Å²) in [4.78, 5) is 41.1. The monoisotopic (exact) mass is 675 g/mol. The van der Waals surface area contributed by atoms with Crippen molar-refractivity contribution in [3.8, 4) is 0 Å². The van der Waals surface area contributed by atoms with Gasteiger partial charge in [0, 0.05) is 71.8 Å². The predicted molar refractivity (Wildman–Crippen MR) is 177 cm³/mol. The van der Waals surface area contributed by atoms with E-state index in [1.807, 2.05) is 83.1 Å². The molecular weight excluding hydrogens is 618 g/mol.